The molecule has 1 aliphatic rings. The molecule has 1 aliphatic heterocycles. The van der Waals surface area contributed by atoms with E-state index in [1.807, 2.05) is 34.9 Å². The Kier molecular flexibility index (Phi) is 8.50. The maximum atomic E-state index is 12.6. The third kappa shape index (κ3) is 6.58. The number of aromatic nitrogens is 7. The zero-order valence-electron chi connectivity index (χ0n) is 25.5. The molecule has 1 fully saturated rings. The summed E-state index contributed by atoms with van der Waals surface area (Å²) in [5.74, 6) is 1.72. The van der Waals surface area contributed by atoms with Gasteiger partial charge >= 0.3 is 6.61 Å². The maximum Gasteiger partial charge on any atom is 0.387 e. The predicted octanol–water partition coefficient (Wildman–Crippen LogP) is 5.47. The molecule has 1 aromatic carbocycles. The van der Waals surface area contributed by atoms with Crippen molar-refractivity contribution in [2.24, 2.45) is 0 Å². The first-order chi connectivity index (χ1) is 23.4. The molecule has 6 aromatic rings. The summed E-state index contributed by atoms with van der Waals surface area (Å²) in [5, 5.41) is 12.5. The van der Waals surface area contributed by atoms with Crippen molar-refractivity contribution < 1.29 is 13.5 Å². The summed E-state index contributed by atoms with van der Waals surface area (Å²) < 4.78 is 31.7. The Balaban J connectivity index is 1.13. The zero-order chi connectivity index (χ0) is 33.0. The van der Waals surface area contributed by atoms with E-state index in [1.54, 1.807) is 36.7 Å². The lowest BCUT2D eigenvalue weighted by atomic mass is 10.0. The van der Waals surface area contributed by atoms with Gasteiger partial charge in [-0.05, 0) is 73.0 Å². The summed E-state index contributed by atoms with van der Waals surface area (Å²) in [6, 6.07) is 22.6. The van der Waals surface area contributed by atoms with Crippen LogP contribution in [0, 0.1) is 11.3 Å². The lowest BCUT2D eigenvalue weighted by Crippen LogP contribution is -2.38. The highest BCUT2D eigenvalue weighted by atomic mass is 19.3. The molecule has 6 heterocycles. The summed E-state index contributed by atoms with van der Waals surface area (Å²) >= 11 is 0. The molecule has 14 heteroatoms. The predicted molar refractivity (Wildman–Crippen MR) is 175 cm³/mol. The average Bonchev–Trinajstić information content (AvgIpc) is 3.48. The molecular formula is C34H29F2N11O. The van der Waals surface area contributed by atoms with E-state index in [-0.39, 0.29) is 17.6 Å². The third-order valence-electron chi connectivity index (χ3n) is 8.10. The Morgan fingerprint density at radius 1 is 0.917 bits per heavy atom. The number of nitrogen functional groups attached to an aromatic ring is 1. The van der Waals surface area contributed by atoms with E-state index < -0.39 is 6.61 Å². The van der Waals surface area contributed by atoms with Crippen molar-refractivity contribution in [2.45, 2.75) is 32.0 Å². The first kappa shape index (κ1) is 30.6. The second kappa shape index (κ2) is 13.3. The molecule has 1 saturated heterocycles. The fourth-order valence-corrected chi connectivity index (χ4v) is 5.78. The molecule has 12 nitrogen and oxygen atoms in total. The molecule has 0 saturated carbocycles. The Morgan fingerprint density at radius 3 is 2.46 bits per heavy atom. The number of hydrogen-bond acceptors (Lipinski definition) is 11. The van der Waals surface area contributed by atoms with E-state index in [0.29, 0.717) is 45.6 Å². The number of piperidine rings is 1. The van der Waals surface area contributed by atoms with Crippen molar-refractivity contribution in [1.82, 2.24) is 39.4 Å². The summed E-state index contributed by atoms with van der Waals surface area (Å²) in [7, 11) is 0. The van der Waals surface area contributed by atoms with Crippen LogP contribution in [0.15, 0.2) is 85.3 Å². The molecule has 48 heavy (non-hydrogen) atoms. The molecule has 0 spiro atoms. The molecule has 0 aliphatic carbocycles. The number of nitrogens with one attached hydrogen (secondary N) is 1. The number of imidazole rings is 1. The Hall–Kier alpha value is -6.07. The number of fused-ring (bicyclic) bond motifs is 1. The van der Waals surface area contributed by atoms with Crippen LogP contribution < -0.4 is 15.8 Å². The quantitative estimate of drug-likeness (QED) is 0.206. The second-order valence-electron chi connectivity index (χ2n) is 11.2. The lowest BCUT2D eigenvalue weighted by Gasteiger charge is -2.32. The van der Waals surface area contributed by atoms with Crippen molar-refractivity contribution in [2.75, 3.05) is 24.1 Å². The summed E-state index contributed by atoms with van der Waals surface area (Å²) in [6.07, 6.45) is 6.37. The molecule has 0 bridgehead atoms. The molecular weight excluding hydrogens is 616 g/mol. The number of halogens is 2. The van der Waals surface area contributed by atoms with Crippen LogP contribution in [0.5, 0.6) is 5.75 Å². The number of ether oxygens (including phenoxy) is 1. The molecule has 0 radical (unpaired) electrons. The third-order valence-corrected chi connectivity index (χ3v) is 8.10. The number of alkyl halides is 2. The fraction of sp³-hybridized carbons (Fsp3) is 0.206. The van der Waals surface area contributed by atoms with E-state index in [4.69, 9.17) is 21.0 Å². The van der Waals surface area contributed by atoms with Crippen molar-refractivity contribution in [3.05, 3.63) is 96.7 Å². The molecule has 5 aromatic heterocycles. The Labute approximate surface area is 273 Å². The number of anilines is 2. The highest BCUT2D eigenvalue weighted by Gasteiger charge is 2.21. The molecule has 240 valence electrons. The topological polar surface area (TPSA) is 157 Å². The minimum absolute atomic E-state index is 0.0345. The van der Waals surface area contributed by atoms with Crippen molar-refractivity contribution in [3.63, 3.8) is 0 Å². The van der Waals surface area contributed by atoms with E-state index in [1.165, 1.54) is 12.3 Å². The van der Waals surface area contributed by atoms with E-state index in [2.05, 4.69) is 47.0 Å². The zero-order valence-corrected chi connectivity index (χ0v) is 25.5. The van der Waals surface area contributed by atoms with Crippen LogP contribution in [0.4, 0.5) is 20.4 Å². The standard InChI is InChI=1S/C34H29F2N11O/c35-34(36)48-24-7-8-26(41-19-24)27-9-10-28-33(43-27)47(32(44-28)25-2-1-14-40-31(25)38)23-5-3-21(4-6-23)20-46-16-12-22(13-17-46)42-29-11-15-39-30(18-37)45-29/h1-11,14-15,19,22,34H,12-13,16-17,20H2,(H2,38,40)(H,39,42,45). The van der Waals surface area contributed by atoms with Crippen molar-refractivity contribution in [3.8, 4) is 40.3 Å². The normalized spacial score (nSPS) is 13.9. The largest absolute Gasteiger partial charge is 0.433 e. The first-order valence-corrected chi connectivity index (χ1v) is 15.3. The average molecular weight is 646 g/mol. The summed E-state index contributed by atoms with van der Waals surface area (Å²) in [5.41, 5.74) is 11.2. The molecule has 3 N–H and O–H groups in total. The number of nitrogens with zero attached hydrogens (tertiary/aromatic N) is 9. The van der Waals surface area contributed by atoms with E-state index in [0.717, 1.165) is 43.7 Å². The van der Waals surface area contributed by atoms with E-state index >= 15 is 0 Å². The number of benzene rings is 1. The van der Waals surface area contributed by atoms with Crippen LogP contribution in [-0.2, 0) is 6.54 Å². The van der Waals surface area contributed by atoms with Gasteiger partial charge in [0.15, 0.2) is 11.5 Å². The number of nitriles is 1. The smallest absolute Gasteiger partial charge is 0.387 e. The van der Waals surface area contributed by atoms with Gasteiger partial charge in [-0.15, -0.1) is 0 Å². The van der Waals surface area contributed by atoms with Gasteiger partial charge < -0.3 is 15.8 Å². The first-order valence-electron chi connectivity index (χ1n) is 15.3. The molecule has 0 unspecified atom stereocenters. The van der Waals surface area contributed by atoms with Crippen LogP contribution >= 0.6 is 0 Å². The molecule has 0 amide bonds. The number of nitrogens with two attached hydrogens (primary N) is 1. The van der Waals surface area contributed by atoms with Gasteiger partial charge in [0.05, 0.1) is 23.1 Å². The fourth-order valence-electron chi connectivity index (χ4n) is 5.78. The number of pyridine rings is 3. The van der Waals surface area contributed by atoms with Gasteiger partial charge in [-0.3, -0.25) is 14.5 Å². The van der Waals surface area contributed by atoms with Crippen molar-refractivity contribution in [1.29, 1.82) is 5.26 Å². The SMILES string of the molecule is N#Cc1nccc(NC2CCN(Cc3ccc(-n4c(-c5cccnc5N)nc5ccc(-c6ccc(OC(F)F)cn6)nc54)cc3)CC2)n1. The van der Waals surface area contributed by atoms with Gasteiger partial charge in [0.25, 0.3) is 0 Å². The summed E-state index contributed by atoms with van der Waals surface area (Å²) in [6.45, 7) is -0.299. The van der Waals surface area contributed by atoms with Gasteiger partial charge in [0.2, 0.25) is 5.82 Å². The minimum atomic E-state index is -2.93. The summed E-state index contributed by atoms with van der Waals surface area (Å²) in [4.78, 5) is 28.9. The van der Waals surface area contributed by atoms with Gasteiger partial charge in [0, 0.05) is 43.8 Å². The van der Waals surface area contributed by atoms with Crippen LogP contribution in [0.25, 0.3) is 39.6 Å². The molecule has 0 atom stereocenters. The van der Waals surface area contributed by atoms with Crippen LogP contribution in [0.3, 0.4) is 0 Å². The van der Waals surface area contributed by atoms with Gasteiger partial charge in [-0.2, -0.15) is 14.0 Å². The van der Waals surface area contributed by atoms with E-state index in [9.17, 15) is 8.78 Å². The Morgan fingerprint density at radius 2 is 1.73 bits per heavy atom. The van der Waals surface area contributed by atoms with Crippen LogP contribution in [0.2, 0.25) is 0 Å². The highest BCUT2D eigenvalue weighted by Crippen LogP contribution is 2.32. The second-order valence-corrected chi connectivity index (χ2v) is 11.2. The van der Waals surface area contributed by atoms with Crippen LogP contribution in [-0.4, -0.2) is 65.1 Å². The number of hydrogen-bond donors (Lipinski definition) is 2. The number of likely N-dealkylation sites (tertiary alicyclic amines) is 1. The van der Waals surface area contributed by atoms with Gasteiger partial charge in [0.1, 0.15) is 29.0 Å². The van der Waals surface area contributed by atoms with Gasteiger partial charge in [-0.25, -0.2) is 24.9 Å². The van der Waals surface area contributed by atoms with Crippen LogP contribution in [0.1, 0.15) is 24.2 Å². The minimum Gasteiger partial charge on any atom is -0.433 e. The monoisotopic (exact) mass is 645 g/mol. The highest BCUT2D eigenvalue weighted by molar-refractivity contribution is 5.84. The van der Waals surface area contributed by atoms with Crippen molar-refractivity contribution >= 4 is 22.8 Å². The maximum absolute atomic E-state index is 12.6. The number of rotatable bonds is 9. The van der Waals surface area contributed by atoms with Gasteiger partial charge in [-0.1, -0.05) is 12.1 Å². The Bertz CT molecular complexity index is 2090. The lowest BCUT2D eigenvalue weighted by molar-refractivity contribution is -0.0500. The molecule has 7 rings (SSSR count).